The summed E-state index contributed by atoms with van der Waals surface area (Å²) < 4.78 is 1.63. The molecule has 1 amide bonds. The zero-order chi connectivity index (χ0) is 15.3. The van der Waals surface area contributed by atoms with E-state index in [2.05, 4.69) is 29.5 Å². The molecule has 2 N–H and O–H groups in total. The van der Waals surface area contributed by atoms with Gasteiger partial charge in [-0.3, -0.25) is 9.59 Å². The van der Waals surface area contributed by atoms with Crippen molar-refractivity contribution in [1.82, 2.24) is 14.9 Å². The molecule has 0 aliphatic heterocycles. The maximum absolute atomic E-state index is 12.2. The molecule has 1 aromatic rings. The van der Waals surface area contributed by atoms with Crippen molar-refractivity contribution in [2.45, 2.75) is 34.2 Å². The van der Waals surface area contributed by atoms with Crippen molar-refractivity contribution in [3.8, 4) is 0 Å². The van der Waals surface area contributed by atoms with Crippen LogP contribution in [-0.2, 0) is 11.3 Å². The van der Waals surface area contributed by atoms with Crippen LogP contribution in [0.3, 0.4) is 0 Å². The first kappa shape index (κ1) is 16.2. The summed E-state index contributed by atoms with van der Waals surface area (Å²) in [5.74, 6) is 0.582. The molecule has 6 nitrogen and oxygen atoms in total. The molecule has 0 spiro atoms. The van der Waals surface area contributed by atoms with Gasteiger partial charge in [-0.1, -0.05) is 13.8 Å². The molecule has 6 heteroatoms. The smallest absolute Gasteiger partial charge is 0.293 e. The third-order valence-electron chi connectivity index (χ3n) is 3.02. The Morgan fingerprint density at radius 3 is 2.65 bits per heavy atom. The van der Waals surface area contributed by atoms with Crippen LogP contribution in [0.5, 0.6) is 0 Å². The van der Waals surface area contributed by atoms with Gasteiger partial charge >= 0.3 is 0 Å². The van der Waals surface area contributed by atoms with E-state index in [9.17, 15) is 9.59 Å². The van der Waals surface area contributed by atoms with Gasteiger partial charge in [0.1, 0.15) is 0 Å². The number of nitrogens with zero attached hydrogens (tertiary/aromatic N) is 2. The molecular formula is C14H24N4O2. The van der Waals surface area contributed by atoms with Crippen molar-refractivity contribution in [1.29, 1.82) is 0 Å². The molecule has 0 aliphatic rings. The summed E-state index contributed by atoms with van der Waals surface area (Å²) >= 11 is 0. The van der Waals surface area contributed by atoms with Crippen molar-refractivity contribution in [3.63, 3.8) is 0 Å². The molecule has 20 heavy (non-hydrogen) atoms. The molecule has 0 fully saturated rings. The zero-order valence-corrected chi connectivity index (χ0v) is 12.9. The number of carbonyl (C=O) groups is 1. The fourth-order valence-corrected chi connectivity index (χ4v) is 1.83. The van der Waals surface area contributed by atoms with Crippen molar-refractivity contribution in [2.75, 3.05) is 18.9 Å². The Kier molecular flexibility index (Phi) is 5.30. The Hall–Kier alpha value is -1.85. The standard InChI is InChI=1S/C14H24N4O2/c1-10(2)8-18-7-6-16-11(12(18)19)17-9-14(3,4)13(20)15-5/h6-7,10H,8-9H2,1-5H3,(H,15,20)(H,16,17). The lowest BCUT2D eigenvalue weighted by Crippen LogP contribution is -2.40. The number of amides is 1. The monoisotopic (exact) mass is 280 g/mol. The molecule has 0 aliphatic carbocycles. The van der Waals surface area contributed by atoms with Crippen LogP contribution in [0, 0.1) is 11.3 Å². The predicted octanol–water partition coefficient (Wildman–Crippen LogP) is 1.08. The van der Waals surface area contributed by atoms with Gasteiger partial charge in [0, 0.05) is 32.5 Å². The van der Waals surface area contributed by atoms with Crippen molar-refractivity contribution in [3.05, 3.63) is 22.7 Å². The van der Waals surface area contributed by atoms with Crippen molar-refractivity contribution in [2.24, 2.45) is 11.3 Å². The van der Waals surface area contributed by atoms with Crippen molar-refractivity contribution >= 4 is 11.7 Å². The Labute approximate surface area is 119 Å². The second-order valence-electron chi connectivity index (χ2n) is 5.94. The average molecular weight is 280 g/mol. The molecule has 0 saturated carbocycles. The third-order valence-corrected chi connectivity index (χ3v) is 3.02. The summed E-state index contributed by atoms with van der Waals surface area (Å²) in [6.07, 6.45) is 3.27. The number of rotatable bonds is 6. The van der Waals surface area contributed by atoms with Gasteiger partial charge in [0.25, 0.3) is 5.56 Å². The number of anilines is 1. The predicted molar refractivity (Wildman–Crippen MR) is 79.7 cm³/mol. The molecule has 0 bridgehead atoms. The maximum atomic E-state index is 12.2. The third kappa shape index (κ3) is 4.08. The van der Waals surface area contributed by atoms with E-state index in [0.717, 1.165) is 0 Å². The first-order chi connectivity index (χ1) is 9.27. The quantitative estimate of drug-likeness (QED) is 0.817. The van der Waals surface area contributed by atoms with E-state index in [0.29, 0.717) is 19.0 Å². The molecular weight excluding hydrogens is 256 g/mol. The van der Waals surface area contributed by atoms with E-state index in [-0.39, 0.29) is 17.3 Å². The van der Waals surface area contributed by atoms with Gasteiger partial charge in [0.05, 0.1) is 5.41 Å². The van der Waals surface area contributed by atoms with E-state index < -0.39 is 5.41 Å². The summed E-state index contributed by atoms with van der Waals surface area (Å²) in [6, 6.07) is 0. The molecule has 1 rings (SSSR count). The van der Waals surface area contributed by atoms with E-state index in [4.69, 9.17) is 0 Å². The maximum Gasteiger partial charge on any atom is 0.293 e. The highest BCUT2D eigenvalue weighted by molar-refractivity contribution is 5.82. The first-order valence-electron chi connectivity index (χ1n) is 6.79. The fraction of sp³-hybridized carbons (Fsp3) is 0.643. The second-order valence-corrected chi connectivity index (χ2v) is 5.94. The number of nitrogens with one attached hydrogen (secondary N) is 2. The Bertz CT molecular complexity index is 520. The SMILES string of the molecule is CNC(=O)C(C)(C)CNc1nccn(CC(C)C)c1=O. The first-order valence-corrected chi connectivity index (χ1v) is 6.79. The van der Waals surface area contributed by atoms with Crippen LogP contribution >= 0.6 is 0 Å². The molecule has 0 saturated heterocycles. The summed E-state index contributed by atoms with van der Waals surface area (Å²) in [5.41, 5.74) is -0.768. The number of carbonyl (C=O) groups excluding carboxylic acids is 1. The Morgan fingerprint density at radius 1 is 1.45 bits per heavy atom. The average Bonchev–Trinajstić information content (AvgIpc) is 2.38. The van der Waals surface area contributed by atoms with Gasteiger partial charge in [-0.25, -0.2) is 4.98 Å². The minimum atomic E-state index is -0.610. The summed E-state index contributed by atoms with van der Waals surface area (Å²) in [6.45, 7) is 8.72. The number of hydrogen-bond acceptors (Lipinski definition) is 4. The van der Waals surface area contributed by atoms with Gasteiger partial charge in [-0.05, 0) is 19.8 Å². The lowest BCUT2D eigenvalue weighted by atomic mass is 9.92. The summed E-state index contributed by atoms with van der Waals surface area (Å²) in [4.78, 5) is 28.0. The molecule has 0 radical (unpaired) electrons. The van der Waals surface area contributed by atoms with E-state index in [1.54, 1.807) is 24.0 Å². The highest BCUT2D eigenvalue weighted by Gasteiger charge is 2.26. The van der Waals surface area contributed by atoms with E-state index >= 15 is 0 Å². The lowest BCUT2D eigenvalue weighted by Gasteiger charge is -2.23. The molecule has 0 aromatic carbocycles. The fourth-order valence-electron chi connectivity index (χ4n) is 1.83. The van der Waals surface area contributed by atoms with Gasteiger partial charge in [-0.15, -0.1) is 0 Å². The van der Waals surface area contributed by atoms with Crippen molar-refractivity contribution < 1.29 is 4.79 Å². The molecule has 1 heterocycles. The van der Waals surface area contributed by atoms with Crippen LogP contribution < -0.4 is 16.2 Å². The normalized spacial score (nSPS) is 11.5. The van der Waals surface area contributed by atoms with Crippen LogP contribution in [0.15, 0.2) is 17.2 Å². The molecule has 0 atom stereocenters. The highest BCUT2D eigenvalue weighted by Crippen LogP contribution is 2.15. The number of aromatic nitrogens is 2. The van der Waals surface area contributed by atoms with Crippen LogP contribution in [0.2, 0.25) is 0 Å². The van der Waals surface area contributed by atoms with Gasteiger partial charge in [-0.2, -0.15) is 0 Å². The molecule has 1 aromatic heterocycles. The van der Waals surface area contributed by atoms with Gasteiger partial charge in [0.15, 0.2) is 5.82 Å². The van der Waals surface area contributed by atoms with Crippen LogP contribution in [-0.4, -0.2) is 29.1 Å². The molecule has 0 unspecified atom stereocenters. The zero-order valence-electron chi connectivity index (χ0n) is 12.9. The van der Waals surface area contributed by atoms with Crippen LogP contribution in [0.1, 0.15) is 27.7 Å². The van der Waals surface area contributed by atoms with E-state index in [1.165, 1.54) is 0 Å². The van der Waals surface area contributed by atoms with Gasteiger partial charge in [0.2, 0.25) is 5.91 Å². The highest BCUT2D eigenvalue weighted by atomic mass is 16.2. The number of hydrogen-bond donors (Lipinski definition) is 2. The summed E-state index contributed by atoms with van der Waals surface area (Å²) in [7, 11) is 1.60. The van der Waals surface area contributed by atoms with Crippen LogP contribution in [0.25, 0.3) is 0 Å². The Morgan fingerprint density at radius 2 is 2.10 bits per heavy atom. The van der Waals surface area contributed by atoms with Gasteiger partial charge < -0.3 is 15.2 Å². The van der Waals surface area contributed by atoms with Crippen LogP contribution in [0.4, 0.5) is 5.82 Å². The minimum absolute atomic E-state index is 0.0802. The molecule has 112 valence electrons. The largest absolute Gasteiger partial charge is 0.364 e. The minimum Gasteiger partial charge on any atom is -0.364 e. The lowest BCUT2D eigenvalue weighted by molar-refractivity contribution is -0.128. The summed E-state index contributed by atoms with van der Waals surface area (Å²) in [5, 5.41) is 5.59. The topological polar surface area (TPSA) is 76.0 Å². The second kappa shape index (κ2) is 6.54. The Balaban J connectivity index is 2.84. The van der Waals surface area contributed by atoms with E-state index in [1.807, 2.05) is 13.8 Å².